The van der Waals surface area contributed by atoms with Crippen LogP contribution in [0.5, 0.6) is 5.75 Å². The Balaban J connectivity index is 1.36. The van der Waals surface area contributed by atoms with Gasteiger partial charge in [-0.2, -0.15) is 5.10 Å². The van der Waals surface area contributed by atoms with Gasteiger partial charge in [-0.1, -0.05) is 30.3 Å². The van der Waals surface area contributed by atoms with Gasteiger partial charge >= 0.3 is 0 Å². The van der Waals surface area contributed by atoms with Crippen LogP contribution in [0.1, 0.15) is 0 Å². The van der Waals surface area contributed by atoms with E-state index in [0.29, 0.717) is 11.4 Å². The molecule has 4 rings (SSSR count). The van der Waals surface area contributed by atoms with Crippen LogP contribution in [0.4, 0.5) is 5.69 Å². The summed E-state index contributed by atoms with van der Waals surface area (Å²) >= 11 is 0. The van der Waals surface area contributed by atoms with Gasteiger partial charge in [-0.15, -0.1) is 0 Å². The molecule has 1 aromatic heterocycles. The Morgan fingerprint density at radius 1 is 1.00 bits per heavy atom. The average Bonchev–Trinajstić information content (AvgIpc) is 3.22. The van der Waals surface area contributed by atoms with Crippen molar-refractivity contribution in [2.24, 2.45) is 0 Å². The summed E-state index contributed by atoms with van der Waals surface area (Å²) in [5.41, 5.74) is 1.56. The molecule has 0 saturated carbocycles. The minimum atomic E-state index is -0.216. The number of carbonyl (C=O) groups is 1. The monoisotopic (exact) mass is 344 g/mol. The zero-order chi connectivity index (χ0) is 17.8. The molecular weight excluding hydrogens is 328 g/mol. The SMILES string of the molecule is O=C(COc1ccc2ccccc2c1)Nc1ccc(-n2cncn2)cc1. The summed E-state index contributed by atoms with van der Waals surface area (Å²) in [6, 6.07) is 21.1. The van der Waals surface area contributed by atoms with E-state index in [1.807, 2.05) is 66.7 Å². The van der Waals surface area contributed by atoms with Crippen molar-refractivity contribution in [3.05, 3.63) is 79.4 Å². The molecule has 0 unspecified atom stereocenters. The number of benzene rings is 3. The molecule has 6 nitrogen and oxygen atoms in total. The number of aromatic nitrogens is 3. The Morgan fingerprint density at radius 3 is 2.58 bits per heavy atom. The third kappa shape index (κ3) is 3.54. The minimum absolute atomic E-state index is 0.0524. The van der Waals surface area contributed by atoms with Gasteiger partial charge in [0.25, 0.3) is 5.91 Å². The lowest BCUT2D eigenvalue weighted by atomic mass is 10.1. The maximum atomic E-state index is 12.1. The van der Waals surface area contributed by atoms with Gasteiger partial charge in [-0.3, -0.25) is 4.79 Å². The normalized spacial score (nSPS) is 10.6. The van der Waals surface area contributed by atoms with Crippen LogP contribution in [0, 0.1) is 0 Å². The maximum Gasteiger partial charge on any atom is 0.262 e. The third-order valence-corrected chi connectivity index (χ3v) is 3.93. The molecule has 3 aromatic carbocycles. The number of carbonyl (C=O) groups excluding carboxylic acids is 1. The molecule has 0 aliphatic rings. The Kier molecular flexibility index (Phi) is 4.30. The first kappa shape index (κ1) is 15.8. The lowest BCUT2D eigenvalue weighted by Crippen LogP contribution is -2.20. The second-order valence-corrected chi connectivity index (χ2v) is 5.73. The fraction of sp³-hybridized carbons (Fsp3) is 0.0500. The Bertz CT molecular complexity index is 1030. The Labute approximate surface area is 150 Å². The van der Waals surface area contributed by atoms with Gasteiger partial charge in [-0.05, 0) is 47.2 Å². The quantitative estimate of drug-likeness (QED) is 0.602. The zero-order valence-electron chi connectivity index (χ0n) is 13.9. The highest BCUT2D eigenvalue weighted by Crippen LogP contribution is 2.20. The molecule has 4 aromatic rings. The van der Waals surface area contributed by atoms with Crippen LogP contribution >= 0.6 is 0 Å². The summed E-state index contributed by atoms with van der Waals surface area (Å²) in [5.74, 6) is 0.451. The van der Waals surface area contributed by atoms with E-state index in [2.05, 4.69) is 15.4 Å². The van der Waals surface area contributed by atoms with E-state index in [0.717, 1.165) is 16.5 Å². The number of fused-ring (bicyclic) bond motifs is 1. The second-order valence-electron chi connectivity index (χ2n) is 5.73. The second kappa shape index (κ2) is 7.06. The fourth-order valence-corrected chi connectivity index (χ4v) is 2.64. The molecule has 0 aliphatic carbocycles. The Hall–Kier alpha value is -3.67. The van der Waals surface area contributed by atoms with E-state index in [-0.39, 0.29) is 12.5 Å². The van der Waals surface area contributed by atoms with Crippen molar-refractivity contribution in [1.82, 2.24) is 14.8 Å². The summed E-state index contributed by atoms with van der Waals surface area (Å²) < 4.78 is 7.24. The summed E-state index contributed by atoms with van der Waals surface area (Å²) in [6.45, 7) is -0.0524. The molecule has 1 amide bonds. The number of nitrogens with one attached hydrogen (secondary N) is 1. The van der Waals surface area contributed by atoms with E-state index < -0.39 is 0 Å². The summed E-state index contributed by atoms with van der Waals surface area (Å²) in [5, 5.41) is 9.09. The van der Waals surface area contributed by atoms with Crippen LogP contribution in [-0.2, 0) is 4.79 Å². The molecule has 0 radical (unpaired) electrons. The molecule has 0 saturated heterocycles. The van der Waals surface area contributed by atoms with Crippen LogP contribution in [0.3, 0.4) is 0 Å². The van der Waals surface area contributed by atoms with Crippen LogP contribution in [0.2, 0.25) is 0 Å². The zero-order valence-corrected chi connectivity index (χ0v) is 13.9. The lowest BCUT2D eigenvalue weighted by molar-refractivity contribution is -0.118. The molecule has 1 heterocycles. The van der Waals surface area contributed by atoms with Crippen molar-refractivity contribution in [1.29, 1.82) is 0 Å². The summed E-state index contributed by atoms with van der Waals surface area (Å²) in [6.07, 6.45) is 3.09. The minimum Gasteiger partial charge on any atom is -0.484 e. The number of hydrogen-bond acceptors (Lipinski definition) is 4. The van der Waals surface area contributed by atoms with Gasteiger partial charge in [0.1, 0.15) is 18.4 Å². The number of nitrogens with zero attached hydrogens (tertiary/aromatic N) is 3. The van der Waals surface area contributed by atoms with Crippen molar-refractivity contribution < 1.29 is 9.53 Å². The number of hydrogen-bond donors (Lipinski definition) is 1. The molecule has 6 heteroatoms. The van der Waals surface area contributed by atoms with Crippen molar-refractivity contribution in [2.45, 2.75) is 0 Å². The topological polar surface area (TPSA) is 69.0 Å². The molecule has 26 heavy (non-hydrogen) atoms. The smallest absolute Gasteiger partial charge is 0.262 e. The van der Waals surface area contributed by atoms with Gasteiger partial charge in [0.2, 0.25) is 0 Å². The van der Waals surface area contributed by atoms with E-state index >= 15 is 0 Å². The molecule has 0 atom stereocenters. The first-order valence-electron chi connectivity index (χ1n) is 8.14. The number of amides is 1. The maximum absolute atomic E-state index is 12.1. The van der Waals surface area contributed by atoms with E-state index in [1.165, 1.54) is 6.33 Å². The van der Waals surface area contributed by atoms with Gasteiger partial charge in [-0.25, -0.2) is 9.67 Å². The summed E-state index contributed by atoms with van der Waals surface area (Å²) in [4.78, 5) is 16.0. The highest BCUT2D eigenvalue weighted by atomic mass is 16.5. The molecule has 0 bridgehead atoms. The van der Waals surface area contributed by atoms with Gasteiger partial charge in [0.15, 0.2) is 6.61 Å². The highest BCUT2D eigenvalue weighted by Gasteiger charge is 2.05. The van der Waals surface area contributed by atoms with E-state index in [9.17, 15) is 4.79 Å². The molecule has 0 spiro atoms. The van der Waals surface area contributed by atoms with Crippen molar-refractivity contribution in [3.8, 4) is 11.4 Å². The summed E-state index contributed by atoms with van der Waals surface area (Å²) in [7, 11) is 0. The van der Waals surface area contributed by atoms with Crippen molar-refractivity contribution in [3.63, 3.8) is 0 Å². The third-order valence-electron chi connectivity index (χ3n) is 3.93. The molecule has 0 fully saturated rings. The van der Waals surface area contributed by atoms with E-state index in [1.54, 1.807) is 11.0 Å². The molecule has 128 valence electrons. The predicted molar refractivity (Wildman–Crippen MR) is 99.4 cm³/mol. The van der Waals surface area contributed by atoms with Crippen molar-refractivity contribution in [2.75, 3.05) is 11.9 Å². The first-order valence-corrected chi connectivity index (χ1v) is 8.14. The lowest BCUT2D eigenvalue weighted by Gasteiger charge is -2.09. The van der Waals surface area contributed by atoms with Crippen LogP contribution in [-0.4, -0.2) is 27.3 Å². The van der Waals surface area contributed by atoms with Gasteiger partial charge < -0.3 is 10.1 Å². The van der Waals surface area contributed by atoms with E-state index in [4.69, 9.17) is 4.74 Å². The molecular formula is C20H16N4O2. The fourth-order valence-electron chi connectivity index (χ4n) is 2.64. The molecule has 1 N–H and O–H groups in total. The first-order chi connectivity index (χ1) is 12.8. The number of rotatable bonds is 5. The van der Waals surface area contributed by atoms with Crippen LogP contribution < -0.4 is 10.1 Å². The molecule has 0 aliphatic heterocycles. The predicted octanol–water partition coefficient (Wildman–Crippen LogP) is 3.44. The largest absolute Gasteiger partial charge is 0.484 e. The number of anilines is 1. The van der Waals surface area contributed by atoms with Crippen LogP contribution in [0.15, 0.2) is 79.4 Å². The van der Waals surface area contributed by atoms with Crippen molar-refractivity contribution >= 4 is 22.4 Å². The number of ether oxygens (including phenoxy) is 1. The Morgan fingerprint density at radius 2 is 1.81 bits per heavy atom. The van der Waals surface area contributed by atoms with Crippen LogP contribution in [0.25, 0.3) is 16.5 Å². The van der Waals surface area contributed by atoms with Gasteiger partial charge in [0.05, 0.1) is 5.69 Å². The highest BCUT2D eigenvalue weighted by molar-refractivity contribution is 5.92. The average molecular weight is 344 g/mol. The van der Waals surface area contributed by atoms with Gasteiger partial charge in [0, 0.05) is 5.69 Å². The standard InChI is InChI=1S/C20H16N4O2/c25-20(12-26-19-10-5-15-3-1-2-4-16(15)11-19)23-17-6-8-18(9-7-17)24-14-21-13-22-24/h1-11,13-14H,12H2,(H,23,25).